The van der Waals surface area contributed by atoms with Crippen molar-refractivity contribution < 1.29 is 4.74 Å². The first-order valence-corrected chi connectivity index (χ1v) is 5.20. The fourth-order valence-electron chi connectivity index (χ4n) is 1.48. The number of ether oxygens (including phenoxy) is 1. The first-order valence-electron chi connectivity index (χ1n) is 4.29. The van der Waals surface area contributed by atoms with Crippen LogP contribution in [0.1, 0.15) is 19.3 Å². The highest BCUT2D eigenvalue weighted by Gasteiger charge is 2.25. The molecule has 1 aliphatic rings. The standard InChI is InChI=1S/C10H15BrO/c1-3-5-10-7-8(11)6-9(4-2)12-10/h3-4,8-10H,1-2,5-7H2/t8-,9+,10-/m1/s1. The molecule has 2 heteroatoms. The van der Waals surface area contributed by atoms with Gasteiger partial charge in [-0.05, 0) is 19.3 Å². The number of halogens is 1. The quantitative estimate of drug-likeness (QED) is 0.535. The monoisotopic (exact) mass is 230 g/mol. The van der Waals surface area contributed by atoms with Crippen LogP contribution in [0.25, 0.3) is 0 Å². The Hall–Kier alpha value is -0.0800. The molecular weight excluding hydrogens is 216 g/mol. The van der Waals surface area contributed by atoms with Gasteiger partial charge >= 0.3 is 0 Å². The van der Waals surface area contributed by atoms with Gasteiger partial charge in [0.05, 0.1) is 12.2 Å². The van der Waals surface area contributed by atoms with Crippen molar-refractivity contribution in [3.8, 4) is 0 Å². The lowest BCUT2D eigenvalue weighted by Crippen LogP contribution is -2.31. The highest BCUT2D eigenvalue weighted by molar-refractivity contribution is 9.09. The predicted octanol–water partition coefficient (Wildman–Crippen LogP) is 3.06. The summed E-state index contributed by atoms with van der Waals surface area (Å²) in [5, 5.41) is 0. The van der Waals surface area contributed by atoms with Crippen LogP contribution in [0.5, 0.6) is 0 Å². The zero-order valence-electron chi connectivity index (χ0n) is 7.21. The maximum absolute atomic E-state index is 5.73. The minimum atomic E-state index is 0.216. The summed E-state index contributed by atoms with van der Waals surface area (Å²) in [7, 11) is 0. The lowest BCUT2D eigenvalue weighted by atomic mass is 10.0. The van der Waals surface area contributed by atoms with Crippen molar-refractivity contribution in [2.75, 3.05) is 0 Å². The van der Waals surface area contributed by atoms with E-state index in [9.17, 15) is 0 Å². The molecule has 0 N–H and O–H groups in total. The minimum Gasteiger partial charge on any atom is -0.371 e. The van der Waals surface area contributed by atoms with Gasteiger partial charge in [0.1, 0.15) is 0 Å². The van der Waals surface area contributed by atoms with Crippen molar-refractivity contribution in [3.63, 3.8) is 0 Å². The minimum absolute atomic E-state index is 0.216. The smallest absolute Gasteiger partial charge is 0.0767 e. The first kappa shape index (κ1) is 10.0. The topological polar surface area (TPSA) is 9.23 Å². The molecular formula is C10H15BrO. The summed E-state index contributed by atoms with van der Waals surface area (Å²) >= 11 is 3.62. The molecule has 3 atom stereocenters. The fourth-order valence-corrected chi connectivity index (χ4v) is 2.27. The molecule has 12 heavy (non-hydrogen) atoms. The van der Waals surface area contributed by atoms with Crippen LogP contribution in [0.2, 0.25) is 0 Å². The summed E-state index contributed by atoms with van der Waals surface area (Å²) in [5.74, 6) is 0. The van der Waals surface area contributed by atoms with Gasteiger partial charge in [-0.3, -0.25) is 0 Å². The molecule has 68 valence electrons. The predicted molar refractivity (Wildman–Crippen MR) is 55.6 cm³/mol. The van der Waals surface area contributed by atoms with E-state index in [4.69, 9.17) is 4.74 Å². The van der Waals surface area contributed by atoms with Gasteiger partial charge in [-0.1, -0.05) is 28.1 Å². The molecule has 1 heterocycles. The molecule has 0 radical (unpaired) electrons. The average molecular weight is 231 g/mol. The molecule has 0 aliphatic carbocycles. The van der Waals surface area contributed by atoms with E-state index in [1.807, 2.05) is 12.2 Å². The second-order valence-electron chi connectivity index (χ2n) is 3.13. The van der Waals surface area contributed by atoms with Crippen molar-refractivity contribution in [1.82, 2.24) is 0 Å². The van der Waals surface area contributed by atoms with Gasteiger partial charge in [-0.15, -0.1) is 13.2 Å². The Kier molecular flexibility index (Phi) is 4.02. The maximum atomic E-state index is 5.73. The van der Waals surface area contributed by atoms with Crippen molar-refractivity contribution >= 4 is 15.9 Å². The Balaban J connectivity index is 2.44. The number of hydrogen-bond donors (Lipinski definition) is 0. The van der Waals surface area contributed by atoms with Crippen molar-refractivity contribution in [3.05, 3.63) is 25.3 Å². The van der Waals surface area contributed by atoms with Gasteiger partial charge in [0, 0.05) is 4.83 Å². The zero-order chi connectivity index (χ0) is 8.97. The van der Waals surface area contributed by atoms with Gasteiger partial charge < -0.3 is 4.74 Å². The van der Waals surface area contributed by atoms with Gasteiger partial charge in [0.2, 0.25) is 0 Å². The first-order chi connectivity index (χ1) is 5.76. The highest BCUT2D eigenvalue weighted by atomic mass is 79.9. The van der Waals surface area contributed by atoms with Crippen LogP contribution in [0.15, 0.2) is 25.3 Å². The molecule has 0 aromatic heterocycles. The molecule has 1 saturated heterocycles. The van der Waals surface area contributed by atoms with Crippen LogP contribution in [0.4, 0.5) is 0 Å². The zero-order valence-corrected chi connectivity index (χ0v) is 8.79. The average Bonchev–Trinajstić information content (AvgIpc) is 2.04. The number of hydrogen-bond acceptors (Lipinski definition) is 1. The third kappa shape index (κ3) is 2.76. The summed E-state index contributed by atoms with van der Waals surface area (Å²) in [6.07, 6.45) is 7.39. The fraction of sp³-hybridized carbons (Fsp3) is 0.600. The van der Waals surface area contributed by atoms with E-state index in [1.165, 1.54) is 0 Å². The Labute approximate surface area is 82.6 Å². The molecule has 1 aliphatic heterocycles. The lowest BCUT2D eigenvalue weighted by Gasteiger charge is -2.30. The second-order valence-corrected chi connectivity index (χ2v) is 4.42. The molecule has 1 rings (SSSR count). The summed E-state index contributed by atoms with van der Waals surface area (Å²) < 4.78 is 5.73. The molecule has 1 nitrogen and oxygen atoms in total. The van der Waals surface area contributed by atoms with E-state index in [0.29, 0.717) is 10.9 Å². The summed E-state index contributed by atoms with van der Waals surface area (Å²) in [4.78, 5) is 0.569. The molecule has 0 amide bonds. The van der Waals surface area contributed by atoms with Crippen LogP contribution >= 0.6 is 15.9 Å². The van der Waals surface area contributed by atoms with Crippen molar-refractivity contribution in [1.29, 1.82) is 0 Å². The molecule has 0 aromatic rings. The van der Waals surface area contributed by atoms with Crippen LogP contribution in [-0.4, -0.2) is 17.0 Å². The Bertz CT molecular complexity index is 167. The normalized spacial score (nSPS) is 35.9. The van der Waals surface area contributed by atoms with E-state index >= 15 is 0 Å². The second kappa shape index (κ2) is 4.83. The van der Waals surface area contributed by atoms with Crippen LogP contribution in [-0.2, 0) is 4.74 Å². The molecule has 0 unspecified atom stereocenters. The molecule has 0 bridgehead atoms. The third-order valence-corrected chi connectivity index (χ3v) is 2.81. The van der Waals surface area contributed by atoms with Gasteiger partial charge in [0.25, 0.3) is 0 Å². The number of alkyl halides is 1. The highest BCUT2D eigenvalue weighted by Crippen LogP contribution is 2.27. The summed E-state index contributed by atoms with van der Waals surface area (Å²) in [6, 6.07) is 0. The molecule has 0 spiro atoms. The van der Waals surface area contributed by atoms with Gasteiger partial charge in [0.15, 0.2) is 0 Å². The third-order valence-electron chi connectivity index (χ3n) is 2.07. The molecule has 0 aromatic carbocycles. The lowest BCUT2D eigenvalue weighted by molar-refractivity contribution is -0.0190. The Morgan fingerprint density at radius 1 is 1.42 bits per heavy atom. The van der Waals surface area contributed by atoms with Crippen molar-refractivity contribution in [2.45, 2.75) is 36.3 Å². The van der Waals surface area contributed by atoms with E-state index in [2.05, 4.69) is 29.1 Å². The number of rotatable bonds is 3. The molecule has 1 fully saturated rings. The Morgan fingerprint density at radius 2 is 2.17 bits per heavy atom. The van der Waals surface area contributed by atoms with E-state index in [0.717, 1.165) is 19.3 Å². The van der Waals surface area contributed by atoms with Crippen LogP contribution in [0.3, 0.4) is 0 Å². The van der Waals surface area contributed by atoms with E-state index in [-0.39, 0.29) is 6.10 Å². The van der Waals surface area contributed by atoms with Crippen molar-refractivity contribution in [2.24, 2.45) is 0 Å². The van der Waals surface area contributed by atoms with Crippen LogP contribution < -0.4 is 0 Å². The molecule has 0 saturated carbocycles. The van der Waals surface area contributed by atoms with E-state index in [1.54, 1.807) is 0 Å². The maximum Gasteiger partial charge on any atom is 0.0767 e. The summed E-state index contributed by atoms with van der Waals surface area (Å²) in [6.45, 7) is 7.45. The van der Waals surface area contributed by atoms with Gasteiger partial charge in [-0.25, -0.2) is 0 Å². The largest absolute Gasteiger partial charge is 0.371 e. The van der Waals surface area contributed by atoms with Gasteiger partial charge in [-0.2, -0.15) is 0 Å². The SMILES string of the molecule is C=CC[C@@H]1C[C@H](Br)C[C@H](C=C)O1. The summed E-state index contributed by atoms with van der Waals surface area (Å²) in [5.41, 5.74) is 0. The van der Waals surface area contributed by atoms with E-state index < -0.39 is 0 Å². The van der Waals surface area contributed by atoms with Crippen LogP contribution in [0, 0.1) is 0 Å². The Morgan fingerprint density at radius 3 is 2.75 bits per heavy atom.